The molecule has 0 saturated heterocycles. The van der Waals surface area contributed by atoms with Crippen LogP contribution >= 0.6 is 0 Å². The number of esters is 1. The summed E-state index contributed by atoms with van der Waals surface area (Å²) in [6.45, 7) is 4.94. The first-order chi connectivity index (χ1) is 16.6. The van der Waals surface area contributed by atoms with Gasteiger partial charge in [0.1, 0.15) is 6.54 Å². The smallest absolute Gasteiger partial charge is 0.306 e. The topological polar surface area (TPSA) is 66.4 Å². The summed E-state index contributed by atoms with van der Waals surface area (Å²) in [4.78, 5) is 23.2. The van der Waals surface area contributed by atoms with Crippen molar-refractivity contribution in [3.05, 3.63) is 0 Å². The number of quaternary nitrogens is 1. The molecule has 0 rings (SSSR count). The van der Waals surface area contributed by atoms with Crippen molar-refractivity contribution in [2.75, 3.05) is 27.7 Å². The minimum absolute atomic E-state index is 0.240. The second-order valence-electron chi connectivity index (χ2n) is 11.9. The zero-order chi connectivity index (χ0) is 26.4. The van der Waals surface area contributed by atoms with E-state index in [1.54, 1.807) is 0 Å². The van der Waals surface area contributed by atoms with Crippen molar-refractivity contribution in [3.63, 3.8) is 0 Å². The highest BCUT2D eigenvalue weighted by Crippen LogP contribution is 2.18. The van der Waals surface area contributed by atoms with Crippen molar-refractivity contribution >= 4 is 11.9 Å². The zero-order valence-electron chi connectivity index (χ0n) is 24.1. The second kappa shape index (κ2) is 22.1. The maximum Gasteiger partial charge on any atom is 0.306 e. The van der Waals surface area contributed by atoms with Crippen molar-refractivity contribution in [2.24, 2.45) is 5.92 Å². The molecule has 0 N–H and O–H groups in total. The Morgan fingerprint density at radius 2 is 1.14 bits per heavy atom. The van der Waals surface area contributed by atoms with Crippen molar-refractivity contribution in [2.45, 2.75) is 148 Å². The Kier molecular flexibility index (Phi) is 21.4. The first-order valence-corrected chi connectivity index (χ1v) is 14.8. The number of hydrogen-bond donors (Lipinski definition) is 0. The van der Waals surface area contributed by atoms with Gasteiger partial charge in [0.15, 0.2) is 6.10 Å². The van der Waals surface area contributed by atoms with Crippen molar-refractivity contribution in [1.82, 2.24) is 0 Å². The Morgan fingerprint density at radius 3 is 1.54 bits per heavy atom. The molecule has 5 heteroatoms. The third kappa shape index (κ3) is 25.8. The van der Waals surface area contributed by atoms with Gasteiger partial charge in [-0.3, -0.25) is 4.79 Å². The number of unbranched alkanes of at least 4 members (excludes halogenated alkanes) is 15. The molecule has 0 heterocycles. The minimum Gasteiger partial charge on any atom is -0.550 e. The highest BCUT2D eigenvalue weighted by molar-refractivity contribution is 5.70. The number of aliphatic carboxylic acids is 1. The van der Waals surface area contributed by atoms with E-state index in [0.29, 0.717) is 23.4 Å². The summed E-state index contributed by atoms with van der Waals surface area (Å²) in [6, 6.07) is 0. The fraction of sp³-hybridized carbons (Fsp3) is 0.933. The molecule has 0 radical (unpaired) electrons. The van der Waals surface area contributed by atoms with Gasteiger partial charge >= 0.3 is 5.97 Å². The highest BCUT2D eigenvalue weighted by Gasteiger charge is 2.22. The lowest BCUT2D eigenvalue weighted by Gasteiger charge is -2.29. The first kappa shape index (κ1) is 33.9. The van der Waals surface area contributed by atoms with Gasteiger partial charge in [-0.05, 0) is 12.3 Å². The third-order valence-corrected chi connectivity index (χ3v) is 6.84. The normalized spacial score (nSPS) is 13.5. The van der Waals surface area contributed by atoms with Crippen molar-refractivity contribution in [1.29, 1.82) is 0 Å². The van der Waals surface area contributed by atoms with E-state index in [2.05, 4.69) is 13.8 Å². The Bertz CT molecular complexity index is 515. The van der Waals surface area contributed by atoms with Crippen LogP contribution in [0.3, 0.4) is 0 Å². The molecule has 0 bridgehead atoms. The molecule has 0 aliphatic rings. The molecule has 35 heavy (non-hydrogen) atoms. The molecule has 0 saturated carbocycles. The Balaban J connectivity index is 3.60. The fourth-order valence-corrected chi connectivity index (χ4v) is 4.73. The van der Waals surface area contributed by atoms with Gasteiger partial charge in [-0.15, -0.1) is 0 Å². The molecule has 0 spiro atoms. The van der Waals surface area contributed by atoms with Crippen LogP contribution in [-0.4, -0.2) is 50.2 Å². The van der Waals surface area contributed by atoms with Crippen LogP contribution in [0.2, 0.25) is 0 Å². The molecule has 0 aromatic rings. The number of carbonyl (C=O) groups is 2. The number of carboxylic acids is 1. The summed E-state index contributed by atoms with van der Waals surface area (Å²) >= 11 is 0. The summed E-state index contributed by atoms with van der Waals surface area (Å²) in [5.74, 6) is -0.969. The van der Waals surface area contributed by atoms with Crippen LogP contribution in [0.15, 0.2) is 0 Å². The molecule has 0 aliphatic carbocycles. The number of hydrogen-bond acceptors (Lipinski definition) is 4. The highest BCUT2D eigenvalue weighted by atomic mass is 16.5. The molecule has 0 fully saturated rings. The van der Waals surface area contributed by atoms with Crippen LogP contribution < -0.4 is 5.11 Å². The molecule has 2 unspecified atom stereocenters. The molecule has 0 amide bonds. The van der Waals surface area contributed by atoms with Gasteiger partial charge in [-0.2, -0.15) is 0 Å². The number of likely N-dealkylation sites (N-methyl/N-ethyl adjacent to an activating group) is 1. The second-order valence-corrected chi connectivity index (χ2v) is 11.9. The minimum atomic E-state index is -1.17. The molecule has 0 aromatic heterocycles. The van der Waals surface area contributed by atoms with Gasteiger partial charge in [0.25, 0.3) is 0 Å². The van der Waals surface area contributed by atoms with E-state index in [4.69, 9.17) is 4.74 Å². The van der Waals surface area contributed by atoms with Crippen LogP contribution in [0, 0.1) is 5.92 Å². The van der Waals surface area contributed by atoms with E-state index in [1.165, 1.54) is 103 Å². The Morgan fingerprint density at radius 1 is 0.714 bits per heavy atom. The monoisotopic (exact) mass is 497 g/mol. The van der Waals surface area contributed by atoms with E-state index in [-0.39, 0.29) is 12.4 Å². The summed E-state index contributed by atoms with van der Waals surface area (Å²) in [6.07, 6.45) is 23.5. The molecular formula is C30H59NO4. The maximum absolute atomic E-state index is 12.2. The molecule has 208 valence electrons. The molecular weight excluding hydrogens is 438 g/mol. The average Bonchev–Trinajstić information content (AvgIpc) is 2.75. The van der Waals surface area contributed by atoms with Gasteiger partial charge in [0, 0.05) is 18.8 Å². The van der Waals surface area contributed by atoms with Crippen molar-refractivity contribution in [3.8, 4) is 0 Å². The predicted molar refractivity (Wildman–Crippen MR) is 145 cm³/mol. The summed E-state index contributed by atoms with van der Waals surface area (Å²) in [5, 5.41) is 11.0. The molecule has 0 aromatic carbocycles. The Hall–Kier alpha value is -1.10. The number of nitrogens with zero attached hydrogens (tertiary/aromatic N) is 1. The van der Waals surface area contributed by atoms with Gasteiger partial charge in [0.2, 0.25) is 0 Å². The van der Waals surface area contributed by atoms with Crippen LogP contribution in [0.25, 0.3) is 0 Å². The summed E-state index contributed by atoms with van der Waals surface area (Å²) in [5.41, 5.74) is 0. The Labute approximate surface area is 218 Å². The lowest BCUT2D eigenvalue weighted by atomic mass is 9.97. The van der Waals surface area contributed by atoms with E-state index in [0.717, 1.165) is 12.8 Å². The SMILES string of the molecule is CCCCCCCCCCCCCCCCCCC(C)CCC(=O)OC(CC(=O)[O-])C[N+](C)(C)C. The van der Waals surface area contributed by atoms with Gasteiger partial charge in [-0.1, -0.05) is 123 Å². The standard InChI is InChI=1S/C30H59NO4/c1-6-7-8-9-10-11-12-13-14-15-16-17-18-19-20-21-22-27(2)23-24-30(34)35-28(25-29(32)33)26-31(3,4)5/h27-28H,6-26H2,1-5H3. The third-order valence-electron chi connectivity index (χ3n) is 6.84. The first-order valence-electron chi connectivity index (χ1n) is 14.8. The molecule has 0 aliphatic heterocycles. The lowest BCUT2D eigenvalue weighted by Crippen LogP contribution is -2.45. The molecule has 5 nitrogen and oxygen atoms in total. The van der Waals surface area contributed by atoms with Gasteiger partial charge in [-0.25, -0.2) is 0 Å². The van der Waals surface area contributed by atoms with Crippen molar-refractivity contribution < 1.29 is 23.9 Å². The number of ether oxygens (including phenoxy) is 1. The number of rotatable bonds is 25. The van der Waals surface area contributed by atoms with Gasteiger partial charge < -0.3 is 19.1 Å². The summed E-state index contributed by atoms with van der Waals surface area (Å²) < 4.78 is 5.99. The predicted octanol–water partition coefficient (Wildman–Crippen LogP) is 6.81. The number of carboxylic acid groups (broad SMARTS) is 1. The largest absolute Gasteiger partial charge is 0.550 e. The quantitative estimate of drug-likeness (QED) is 0.0789. The van der Waals surface area contributed by atoms with E-state index < -0.39 is 12.1 Å². The van der Waals surface area contributed by atoms with E-state index in [9.17, 15) is 14.7 Å². The molecule has 2 atom stereocenters. The van der Waals surface area contributed by atoms with Crippen LogP contribution in [0.5, 0.6) is 0 Å². The lowest BCUT2D eigenvalue weighted by molar-refractivity contribution is -0.873. The van der Waals surface area contributed by atoms with E-state index in [1.807, 2.05) is 21.1 Å². The fourth-order valence-electron chi connectivity index (χ4n) is 4.73. The van der Waals surface area contributed by atoms with Crippen LogP contribution in [-0.2, 0) is 14.3 Å². The average molecular weight is 498 g/mol. The zero-order valence-corrected chi connectivity index (χ0v) is 24.1. The maximum atomic E-state index is 12.2. The van der Waals surface area contributed by atoms with E-state index >= 15 is 0 Å². The summed E-state index contributed by atoms with van der Waals surface area (Å²) in [7, 11) is 5.86. The van der Waals surface area contributed by atoms with Crippen LogP contribution in [0.4, 0.5) is 0 Å². The number of carbonyl (C=O) groups excluding carboxylic acids is 2. The van der Waals surface area contributed by atoms with Crippen LogP contribution in [0.1, 0.15) is 142 Å². The van der Waals surface area contributed by atoms with Gasteiger partial charge in [0.05, 0.1) is 21.1 Å².